The van der Waals surface area contributed by atoms with Crippen LogP contribution in [0.25, 0.3) is 11.2 Å². The van der Waals surface area contributed by atoms with Crippen LogP contribution in [0.1, 0.15) is 24.6 Å². The number of rotatable bonds is 3. The first kappa shape index (κ1) is 11.6. The minimum absolute atomic E-state index is 0.0599. The van der Waals surface area contributed by atoms with Crippen LogP contribution in [-0.4, -0.2) is 19.9 Å². The molecule has 0 aromatic carbocycles. The Labute approximate surface area is 109 Å². The Morgan fingerprint density at radius 2 is 2.00 bits per heavy atom. The zero-order valence-electron chi connectivity index (χ0n) is 10.7. The molecule has 0 aliphatic rings. The minimum Gasteiger partial charge on any atom is -0.444 e. The molecule has 0 aliphatic carbocycles. The highest BCUT2D eigenvalue weighted by atomic mass is 16.4. The van der Waals surface area contributed by atoms with E-state index in [0.29, 0.717) is 11.5 Å². The lowest BCUT2D eigenvalue weighted by Gasteiger charge is -2.11. The molecule has 1 N–H and O–H groups in total. The molecule has 0 amide bonds. The maximum absolute atomic E-state index is 5.48. The first-order valence-corrected chi connectivity index (χ1v) is 5.99. The SMILES string of the molecule is Cc1cnc(C(C)Nc2ccc3nccnc3n2)o1. The van der Waals surface area contributed by atoms with E-state index in [0.717, 1.165) is 17.1 Å². The van der Waals surface area contributed by atoms with E-state index in [1.807, 2.05) is 26.0 Å². The van der Waals surface area contributed by atoms with Gasteiger partial charge in [0.1, 0.15) is 23.1 Å². The van der Waals surface area contributed by atoms with E-state index >= 15 is 0 Å². The summed E-state index contributed by atoms with van der Waals surface area (Å²) < 4.78 is 5.48. The van der Waals surface area contributed by atoms with Crippen molar-refractivity contribution in [3.63, 3.8) is 0 Å². The van der Waals surface area contributed by atoms with Crippen molar-refractivity contribution < 1.29 is 4.42 Å². The molecule has 1 unspecified atom stereocenters. The van der Waals surface area contributed by atoms with Crippen molar-refractivity contribution in [2.24, 2.45) is 0 Å². The molecule has 0 bridgehead atoms. The lowest BCUT2D eigenvalue weighted by atomic mass is 10.3. The van der Waals surface area contributed by atoms with Gasteiger partial charge in [0.15, 0.2) is 5.65 Å². The van der Waals surface area contributed by atoms with Gasteiger partial charge < -0.3 is 9.73 Å². The van der Waals surface area contributed by atoms with Gasteiger partial charge in [-0.05, 0) is 26.0 Å². The Morgan fingerprint density at radius 1 is 1.16 bits per heavy atom. The highest BCUT2D eigenvalue weighted by molar-refractivity contribution is 5.71. The number of nitrogens with one attached hydrogen (secondary N) is 1. The van der Waals surface area contributed by atoms with Crippen molar-refractivity contribution in [1.29, 1.82) is 0 Å². The van der Waals surface area contributed by atoms with Crippen LogP contribution >= 0.6 is 0 Å². The number of anilines is 1. The van der Waals surface area contributed by atoms with Gasteiger partial charge in [0.05, 0.1) is 6.20 Å². The quantitative estimate of drug-likeness (QED) is 0.774. The monoisotopic (exact) mass is 255 g/mol. The van der Waals surface area contributed by atoms with Gasteiger partial charge in [0.2, 0.25) is 5.89 Å². The van der Waals surface area contributed by atoms with Crippen LogP contribution in [0.2, 0.25) is 0 Å². The molecular weight excluding hydrogens is 242 g/mol. The Hall–Kier alpha value is -2.50. The number of fused-ring (bicyclic) bond motifs is 1. The molecule has 6 heteroatoms. The molecule has 3 aromatic heterocycles. The van der Waals surface area contributed by atoms with E-state index in [1.54, 1.807) is 18.6 Å². The molecule has 0 saturated heterocycles. The van der Waals surface area contributed by atoms with E-state index in [1.165, 1.54) is 0 Å². The summed E-state index contributed by atoms with van der Waals surface area (Å²) in [6.07, 6.45) is 4.97. The van der Waals surface area contributed by atoms with Crippen molar-refractivity contribution in [1.82, 2.24) is 19.9 Å². The summed E-state index contributed by atoms with van der Waals surface area (Å²) in [6.45, 7) is 3.83. The highest BCUT2D eigenvalue weighted by Crippen LogP contribution is 2.18. The molecule has 3 heterocycles. The van der Waals surface area contributed by atoms with Crippen LogP contribution in [0, 0.1) is 6.92 Å². The standard InChI is InChI=1S/C13H13N5O/c1-8-7-16-13(19-8)9(2)17-11-4-3-10-12(18-11)15-6-5-14-10/h3-7,9H,1-2H3,(H,15,17,18). The van der Waals surface area contributed by atoms with E-state index in [2.05, 4.69) is 25.3 Å². The fraction of sp³-hybridized carbons (Fsp3) is 0.231. The number of nitrogens with zero attached hydrogens (tertiary/aromatic N) is 4. The summed E-state index contributed by atoms with van der Waals surface area (Å²) in [5.41, 5.74) is 1.39. The van der Waals surface area contributed by atoms with Crippen molar-refractivity contribution in [3.05, 3.63) is 42.4 Å². The Balaban J connectivity index is 1.84. The van der Waals surface area contributed by atoms with Gasteiger partial charge in [-0.1, -0.05) is 0 Å². The van der Waals surface area contributed by atoms with Crippen LogP contribution < -0.4 is 5.32 Å². The van der Waals surface area contributed by atoms with Gasteiger partial charge in [-0.2, -0.15) is 0 Å². The number of aromatic nitrogens is 4. The third-order valence-electron chi connectivity index (χ3n) is 2.71. The molecule has 0 fully saturated rings. The summed E-state index contributed by atoms with van der Waals surface area (Å²) >= 11 is 0. The topological polar surface area (TPSA) is 76.7 Å². The second-order valence-electron chi connectivity index (χ2n) is 4.27. The fourth-order valence-electron chi connectivity index (χ4n) is 1.79. The maximum Gasteiger partial charge on any atom is 0.216 e. The molecule has 0 aliphatic heterocycles. The number of hydrogen-bond acceptors (Lipinski definition) is 6. The summed E-state index contributed by atoms with van der Waals surface area (Å²) in [5, 5.41) is 3.23. The Kier molecular flexibility index (Phi) is 2.83. The van der Waals surface area contributed by atoms with Gasteiger partial charge in [0.25, 0.3) is 0 Å². The smallest absolute Gasteiger partial charge is 0.216 e. The van der Waals surface area contributed by atoms with Crippen molar-refractivity contribution in [2.75, 3.05) is 5.32 Å². The highest BCUT2D eigenvalue weighted by Gasteiger charge is 2.12. The largest absolute Gasteiger partial charge is 0.444 e. The van der Waals surface area contributed by atoms with E-state index in [-0.39, 0.29) is 6.04 Å². The van der Waals surface area contributed by atoms with Crippen molar-refractivity contribution in [2.45, 2.75) is 19.9 Å². The molecule has 96 valence electrons. The summed E-state index contributed by atoms with van der Waals surface area (Å²) in [6, 6.07) is 3.68. The van der Waals surface area contributed by atoms with E-state index < -0.39 is 0 Å². The molecule has 6 nitrogen and oxygen atoms in total. The second kappa shape index (κ2) is 4.64. The summed E-state index contributed by atoms with van der Waals surface area (Å²) in [5.74, 6) is 2.15. The summed E-state index contributed by atoms with van der Waals surface area (Å²) in [4.78, 5) is 16.9. The van der Waals surface area contributed by atoms with Crippen LogP contribution in [0.5, 0.6) is 0 Å². The third kappa shape index (κ3) is 2.37. The van der Waals surface area contributed by atoms with Crippen molar-refractivity contribution in [3.8, 4) is 0 Å². The van der Waals surface area contributed by atoms with Gasteiger partial charge in [0, 0.05) is 12.4 Å². The lowest BCUT2D eigenvalue weighted by Crippen LogP contribution is -2.08. The van der Waals surface area contributed by atoms with Crippen LogP contribution in [0.15, 0.2) is 35.1 Å². The summed E-state index contributed by atoms with van der Waals surface area (Å²) in [7, 11) is 0. The molecule has 3 aromatic rings. The van der Waals surface area contributed by atoms with E-state index in [9.17, 15) is 0 Å². The molecular formula is C13H13N5O. The van der Waals surface area contributed by atoms with Gasteiger partial charge >= 0.3 is 0 Å². The average molecular weight is 255 g/mol. The third-order valence-corrected chi connectivity index (χ3v) is 2.71. The molecule has 19 heavy (non-hydrogen) atoms. The molecule has 3 rings (SSSR count). The van der Waals surface area contributed by atoms with Crippen molar-refractivity contribution >= 4 is 17.0 Å². The Morgan fingerprint density at radius 3 is 2.79 bits per heavy atom. The van der Waals surface area contributed by atoms with Gasteiger partial charge in [-0.3, -0.25) is 4.98 Å². The van der Waals surface area contributed by atoms with Gasteiger partial charge in [-0.25, -0.2) is 15.0 Å². The predicted octanol–water partition coefficient (Wildman–Crippen LogP) is 2.49. The number of pyridine rings is 1. The Bertz CT molecular complexity index is 709. The lowest BCUT2D eigenvalue weighted by molar-refractivity contribution is 0.453. The van der Waals surface area contributed by atoms with Crippen LogP contribution in [0.3, 0.4) is 0 Å². The van der Waals surface area contributed by atoms with Gasteiger partial charge in [-0.15, -0.1) is 0 Å². The zero-order valence-corrected chi connectivity index (χ0v) is 10.7. The fourth-order valence-corrected chi connectivity index (χ4v) is 1.79. The first-order chi connectivity index (χ1) is 9.22. The maximum atomic E-state index is 5.48. The number of oxazole rings is 1. The second-order valence-corrected chi connectivity index (χ2v) is 4.27. The normalized spacial score (nSPS) is 12.5. The molecule has 1 atom stereocenters. The number of hydrogen-bond donors (Lipinski definition) is 1. The van der Waals surface area contributed by atoms with Crippen LogP contribution in [-0.2, 0) is 0 Å². The predicted molar refractivity (Wildman–Crippen MR) is 70.6 cm³/mol. The average Bonchev–Trinajstić information content (AvgIpc) is 2.85. The molecule has 0 spiro atoms. The zero-order chi connectivity index (χ0) is 13.2. The molecule has 0 saturated carbocycles. The van der Waals surface area contributed by atoms with Crippen LogP contribution in [0.4, 0.5) is 5.82 Å². The number of aryl methyl sites for hydroxylation is 1. The first-order valence-electron chi connectivity index (χ1n) is 5.99. The molecule has 0 radical (unpaired) electrons. The minimum atomic E-state index is -0.0599. The van der Waals surface area contributed by atoms with E-state index in [4.69, 9.17) is 4.42 Å².